The SMILES string of the molecule is C[B]ON(CCO)C[C@H](O)c1ccc(Cl)c(Cl)c1.OCCNC[C@H](O)c1ccc(Cl)c(Cl)c1. The van der Waals surface area contributed by atoms with Crippen molar-refractivity contribution in [3.63, 3.8) is 0 Å². The van der Waals surface area contributed by atoms with E-state index in [9.17, 15) is 10.2 Å². The molecule has 1 radical (unpaired) electrons. The minimum absolute atomic E-state index is 0.0497. The predicted molar refractivity (Wildman–Crippen MR) is 134 cm³/mol. The first-order chi connectivity index (χ1) is 15.7. The first kappa shape index (κ1) is 30.4. The fourth-order valence-electron chi connectivity index (χ4n) is 2.62. The molecule has 5 N–H and O–H groups in total. The summed E-state index contributed by atoms with van der Waals surface area (Å²) in [7, 11) is 1.48. The average molecular weight is 541 g/mol. The second-order valence-corrected chi connectivity index (χ2v) is 8.39. The van der Waals surface area contributed by atoms with E-state index in [1.54, 1.807) is 43.2 Å². The van der Waals surface area contributed by atoms with E-state index in [-0.39, 0.29) is 19.8 Å². The number of rotatable bonds is 12. The van der Waals surface area contributed by atoms with Crippen LogP contribution in [0.15, 0.2) is 36.4 Å². The van der Waals surface area contributed by atoms with E-state index in [0.29, 0.717) is 50.9 Å². The highest BCUT2D eigenvalue weighted by Gasteiger charge is 2.14. The van der Waals surface area contributed by atoms with Gasteiger partial charge in [0, 0.05) is 19.6 Å². The summed E-state index contributed by atoms with van der Waals surface area (Å²) < 4.78 is 5.16. The fourth-order valence-corrected chi connectivity index (χ4v) is 3.23. The smallest absolute Gasteiger partial charge is 0.321 e. The van der Waals surface area contributed by atoms with E-state index in [1.165, 1.54) is 12.5 Å². The summed E-state index contributed by atoms with van der Waals surface area (Å²) in [6.45, 7) is 3.08. The molecule has 12 heteroatoms. The molecule has 0 unspecified atom stereocenters. The van der Waals surface area contributed by atoms with Gasteiger partial charge in [-0.1, -0.05) is 65.4 Å². The van der Waals surface area contributed by atoms with E-state index in [2.05, 4.69) is 5.32 Å². The average Bonchev–Trinajstić information content (AvgIpc) is 2.78. The number of hydroxylamine groups is 2. The number of nitrogens with zero attached hydrogens (tertiary/aromatic N) is 1. The Kier molecular flexibility index (Phi) is 15.6. The maximum atomic E-state index is 10.0. The Morgan fingerprint density at radius 1 is 0.879 bits per heavy atom. The minimum Gasteiger partial charge on any atom is -0.395 e. The second-order valence-electron chi connectivity index (χ2n) is 6.76. The molecule has 0 aliphatic rings. The number of nitrogens with one attached hydrogen (secondary N) is 1. The van der Waals surface area contributed by atoms with Gasteiger partial charge in [-0.25, -0.2) is 5.06 Å². The molecule has 2 aromatic rings. The quantitative estimate of drug-likeness (QED) is 0.159. The van der Waals surface area contributed by atoms with Crippen LogP contribution in [-0.2, 0) is 4.76 Å². The molecule has 0 spiro atoms. The monoisotopic (exact) mass is 539 g/mol. The van der Waals surface area contributed by atoms with Gasteiger partial charge in [-0.15, -0.1) is 0 Å². The lowest BCUT2D eigenvalue weighted by atomic mass is 10.1. The molecular weight excluding hydrogens is 513 g/mol. The third-order valence-electron chi connectivity index (χ3n) is 4.26. The van der Waals surface area contributed by atoms with Gasteiger partial charge in [0.15, 0.2) is 0 Å². The van der Waals surface area contributed by atoms with Gasteiger partial charge in [-0.2, -0.15) is 0 Å². The predicted octanol–water partition coefficient (Wildman–Crippen LogP) is 3.53. The van der Waals surface area contributed by atoms with Crippen molar-refractivity contribution in [3.8, 4) is 0 Å². The number of aliphatic hydroxyl groups is 4. The number of aliphatic hydroxyl groups excluding tert-OH is 4. The van der Waals surface area contributed by atoms with Gasteiger partial charge < -0.3 is 30.5 Å². The summed E-state index contributed by atoms with van der Waals surface area (Å²) in [5, 5.41) is 43.3. The van der Waals surface area contributed by atoms with Crippen molar-refractivity contribution in [2.45, 2.75) is 19.0 Å². The zero-order valence-electron chi connectivity index (χ0n) is 18.1. The summed E-state index contributed by atoms with van der Waals surface area (Å²) in [4.78, 5) is 0. The van der Waals surface area contributed by atoms with Crippen molar-refractivity contribution >= 4 is 53.9 Å². The topological polar surface area (TPSA) is 105 Å². The van der Waals surface area contributed by atoms with Crippen LogP contribution in [0.25, 0.3) is 0 Å². The molecule has 7 nitrogen and oxygen atoms in total. The van der Waals surface area contributed by atoms with E-state index in [4.69, 9.17) is 61.4 Å². The summed E-state index contributed by atoms with van der Waals surface area (Å²) in [6, 6.07) is 9.95. The standard InChI is InChI=1S/C11H15BCl2NO3.C10H13Cl2NO2/c1-12-18-15(4-5-16)7-11(17)8-2-3-9(13)10(14)6-8;11-8-2-1-7(5-9(8)12)10(15)6-13-3-4-14/h2-3,6,11,16-17H,4-5,7H2,1H3;1-2,5,10,13-15H,3-4,6H2/t11-;10-/m00/s1. The van der Waals surface area contributed by atoms with Crippen molar-refractivity contribution in [1.82, 2.24) is 10.4 Å². The van der Waals surface area contributed by atoms with Gasteiger partial charge in [0.1, 0.15) is 0 Å². The first-order valence-electron chi connectivity index (χ1n) is 10.1. The first-order valence-corrected chi connectivity index (χ1v) is 11.6. The van der Waals surface area contributed by atoms with Crippen LogP contribution in [0.4, 0.5) is 0 Å². The van der Waals surface area contributed by atoms with Crippen molar-refractivity contribution in [3.05, 3.63) is 67.6 Å². The van der Waals surface area contributed by atoms with Gasteiger partial charge in [0.25, 0.3) is 0 Å². The Bertz CT molecular complexity index is 831. The number of halogens is 4. The van der Waals surface area contributed by atoms with E-state index in [0.717, 1.165) is 0 Å². The lowest BCUT2D eigenvalue weighted by molar-refractivity contribution is -0.0909. The number of benzene rings is 2. The summed E-state index contributed by atoms with van der Waals surface area (Å²) >= 11 is 23.3. The maximum Gasteiger partial charge on any atom is 0.321 e. The van der Waals surface area contributed by atoms with Crippen LogP contribution in [0.5, 0.6) is 0 Å². The molecule has 2 aromatic carbocycles. The highest BCUT2D eigenvalue weighted by atomic mass is 35.5. The molecule has 0 saturated carbocycles. The largest absolute Gasteiger partial charge is 0.395 e. The highest BCUT2D eigenvalue weighted by Crippen LogP contribution is 2.26. The van der Waals surface area contributed by atoms with Crippen molar-refractivity contribution < 1.29 is 25.2 Å². The Labute approximate surface area is 215 Å². The zero-order valence-corrected chi connectivity index (χ0v) is 21.1. The van der Waals surface area contributed by atoms with Gasteiger partial charge >= 0.3 is 7.48 Å². The molecule has 33 heavy (non-hydrogen) atoms. The van der Waals surface area contributed by atoms with E-state index < -0.39 is 12.2 Å². The lowest BCUT2D eigenvalue weighted by Gasteiger charge is -2.23. The molecule has 0 amide bonds. The Balaban J connectivity index is 0.000000335. The van der Waals surface area contributed by atoms with Gasteiger partial charge in [0.05, 0.1) is 52.1 Å². The third-order valence-corrected chi connectivity index (χ3v) is 5.74. The zero-order chi connectivity index (χ0) is 24.8. The molecule has 2 atom stereocenters. The van der Waals surface area contributed by atoms with Crippen LogP contribution in [0.2, 0.25) is 26.9 Å². The Morgan fingerprint density at radius 2 is 1.42 bits per heavy atom. The lowest BCUT2D eigenvalue weighted by Crippen LogP contribution is -2.32. The molecule has 2 rings (SSSR count). The molecule has 183 valence electrons. The Hall–Kier alpha value is -0.615. The van der Waals surface area contributed by atoms with Crippen molar-refractivity contribution in [2.24, 2.45) is 0 Å². The molecule has 0 heterocycles. The summed E-state index contributed by atoms with van der Waals surface area (Å²) in [5.74, 6) is 0. The van der Waals surface area contributed by atoms with Crippen LogP contribution in [-0.4, -0.2) is 72.4 Å². The molecular formula is C21H28BCl4N2O5. The van der Waals surface area contributed by atoms with Crippen LogP contribution >= 0.6 is 46.4 Å². The van der Waals surface area contributed by atoms with Gasteiger partial charge in [-0.3, -0.25) is 0 Å². The van der Waals surface area contributed by atoms with Crippen LogP contribution in [0.1, 0.15) is 23.3 Å². The third kappa shape index (κ3) is 11.6. The molecule has 0 aliphatic heterocycles. The molecule has 0 aliphatic carbocycles. The van der Waals surface area contributed by atoms with Crippen molar-refractivity contribution in [2.75, 3.05) is 39.4 Å². The highest BCUT2D eigenvalue weighted by molar-refractivity contribution is 6.42. The van der Waals surface area contributed by atoms with E-state index in [1.807, 2.05) is 0 Å². The number of hydrogen-bond acceptors (Lipinski definition) is 7. The number of hydrogen-bond donors (Lipinski definition) is 5. The summed E-state index contributed by atoms with van der Waals surface area (Å²) in [5.41, 5.74) is 1.35. The van der Waals surface area contributed by atoms with Gasteiger partial charge in [-0.05, 0) is 35.4 Å². The molecule has 0 saturated heterocycles. The molecule has 0 aromatic heterocycles. The fraction of sp³-hybridized carbons (Fsp3) is 0.429. The van der Waals surface area contributed by atoms with Crippen molar-refractivity contribution in [1.29, 1.82) is 0 Å². The Morgan fingerprint density at radius 3 is 1.88 bits per heavy atom. The molecule has 0 fully saturated rings. The van der Waals surface area contributed by atoms with Crippen LogP contribution < -0.4 is 5.32 Å². The molecule has 0 bridgehead atoms. The van der Waals surface area contributed by atoms with Crippen LogP contribution in [0, 0.1) is 0 Å². The maximum absolute atomic E-state index is 10.0. The van der Waals surface area contributed by atoms with Gasteiger partial charge in [0.2, 0.25) is 0 Å². The second kappa shape index (κ2) is 16.9. The van der Waals surface area contributed by atoms with Crippen LogP contribution in [0.3, 0.4) is 0 Å². The van der Waals surface area contributed by atoms with E-state index >= 15 is 0 Å². The summed E-state index contributed by atoms with van der Waals surface area (Å²) in [6.07, 6.45) is -1.42. The normalized spacial score (nSPS) is 12.8. The minimum atomic E-state index is -0.772.